The first kappa shape index (κ1) is 22.4. The molecule has 5 rings (SSSR count). The highest BCUT2D eigenvalue weighted by Gasteiger charge is 2.65. The van der Waals surface area contributed by atoms with E-state index in [9.17, 15) is 14.4 Å². The number of imide groups is 1. The van der Waals surface area contributed by atoms with Crippen molar-refractivity contribution in [3.8, 4) is 5.75 Å². The van der Waals surface area contributed by atoms with Crippen LogP contribution in [0.5, 0.6) is 5.75 Å². The summed E-state index contributed by atoms with van der Waals surface area (Å²) in [7, 11) is 1.57. The predicted octanol–water partition coefficient (Wildman–Crippen LogP) is 4.40. The fraction of sp³-hybridized carbons (Fsp3) is 0.393. The molecule has 0 N–H and O–H groups in total. The highest BCUT2D eigenvalue weighted by atomic mass is 16.5. The molecule has 4 atom stereocenters. The zero-order valence-corrected chi connectivity index (χ0v) is 20.5. The van der Waals surface area contributed by atoms with Gasteiger partial charge in [-0.05, 0) is 55.8 Å². The smallest absolute Gasteiger partial charge is 0.240 e. The van der Waals surface area contributed by atoms with Crippen LogP contribution in [0.4, 0.5) is 11.4 Å². The zero-order valence-electron chi connectivity index (χ0n) is 20.5. The van der Waals surface area contributed by atoms with E-state index < -0.39 is 23.3 Å². The van der Waals surface area contributed by atoms with E-state index in [2.05, 4.69) is 12.1 Å². The number of aryl methyl sites for hydroxylation is 1. The molecule has 0 aromatic heterocycles. The molecular formula is C28H30N2O4. The highest BCUT2D eigenvalue weighted by molar-refractivity contribution is 6.25. The molecule has 6 nitrogen and oxygen atoms in total. The molecule has 4 unspecified atom stereocenters. The van der Waals surface area contributed by atoms with Gasteiger partial charge >= 0.3 is 0 Å². The number of anilines is 2. The maximum atomic E-state index is 13.9. The Morgan fingerprint density at radius 3 is 2.21 bits per heavy atom. The summed E-state index contributed by atoms with van der Waals surface area (Å²) in [6, 6.07) is 12.0. The van der Waals surface area contributed by atoms with Crippen molar-refractivity contribution in [1.82, 2.24) is 0 Å². The van der Waals surface area contributed by atoms with Gasteiger partial charge in [-0.3, -0.25) is 14.4 Å². The maximum Gasteiger partial charge on any atom is 0.240 e. The number of ether oxygens (including phenoxy) is 1. The molecule has 6 heteroatoms. The van der Waals surface area contributed by atoms with Crippen LogP contribution in [0.15, 0.2) is 48.5 Å². The van der Waals surface area contributed by atoms with E-state index >= 15 is 0 Å². The van der Waals surface area contributed by atoms with Crippen molar-refractivity contribution >= 4 is 34.5 Å². The first-order valence-corrected chi connectivity index (χ1v) is 11.7. The van der Waals surface area contributed by atoms with E-state index in [1.165, 1.54) is 4.90 Å². The average Bonchev–Trinajstić information content (AvgIpc) is 3.25. The fourth-order valence-corrected chi connectivity index (χ4v) is 5.69. The van der Waals surface area contributed by atoms with Gasteiger partial charge in [-0.1, -0.05) is 38.5 Å². The summed E-state index contributed by atoms with van der Waals surface area (Å²) in [5.74, 6) is -1.29. The third-order valence-corrected chi connectivity index (χ3v) is 7.34. The molecule has 0 bridgehead atoms. The lowest BCUT2D eigenvalue weighted by Crippen LogP contribution is -2.51. The summed E-state index contributed by atoms with van der Waals surface area (Å²) >= 11 is 0. The predicted molar refractivity (Wildman–Crippen MR) is 132 cm³/mol. The Balaban J connectivity index is 1.66. The number of hydrogen-bond donors (Lipinski definition) is 0. The summed E-state index contributed by atoms with van der Waals surface area (Å²) in [6.45, 7) is 9.70. The van der Waals surface area contributed by atoms with Crippen molar-refractivity contribution in [2.75, 3.05) is 16.9 Å². The van der Waals surface area contributed by atoms with Crippen LogP contribution < -0.4 is 14.5 Å². The van der Waals surface area contributed by atoms with Gasteiger partial charge in [-0.15, -0.1) is 0 Å². The Hall–Kier alpha value is -3.41. The van der Waals surface area contributed by atoms with Crippen LogP contribution in [0.1, 0.15) is 38.8 Å². The molecule has 0 radical (unpaired) electrons. The van der Waals surface area contributed by atoms with Crippen molar-refractivity contribution in [3.05, 3.63) is 59.7 Å². The average molecular weight is 459 g/mol. The summed E-state index contributed by atoms with van der Waals surface area (Å²) in [5.41, 5.74) is 4.00. The second kappa shape index (κ2) is 7.55. The molecule has 0 saturated carbocycles. The van der Waals surface area contributed by atoms with Gasteiger partial charge in [0.1, 0.15) is 11.8 Å². The van der Waals surface area contributed by atoms with Gasteiger partial charge in [-0.2, -0.15) is 0 Å². The Morgan fingerprint density at radius 2 is 1.59 bits per heavy atom. The Bertz CT molecular complexity index is 1240. The second-order valence-corrected chi connectivity index (χ2v) is 10.6. The van der Waals surface area contributed by atoms with Gasteiger partial charge in [-0.25, -0.2) is 4.90 Å². The van der Waals surface area contributed by atoms with Crippen LogP contribution in [0.25, 0.3) is 5.57 Å². The molecule has 3 heterocycles. The zero-order chi connectivity index (χ0) is 24.5. The number of ketones is 1. The molecule has 34 heavy (non-hydrogen) atoms. The number of hydrogen-bond acceptors (Lipinski definition) is 5. The molecule has 2 saturated heterocycles. The van der Waals surface area contributed by atoms with E-state index in [0.29, 0.717) is 11.4 Å². The lowest BCUT2D eigenvalue weighted by atomic mass is 9.79. The Morgan fingerprint density at radius 1 is 0.941 bits per heavy atom. The van der Waals surface area contributed by atoms with E-state index in [-0.39, 0.29) is 23.6 Å². The van der Waals surface area contributed by atoms with E-state index in [1.807, 2.05) is 51.7 Å². The highest BCUT2D eigenvalue weighted by Crippen LogP contribution is 2.51. The Labute approximate surface area is 200 Å². The fourth-order valence-electron chi connectivity index (χ4n) is 5.69. The van der Waals surface area contributed by atoms with Gasteiger partial charge in [0.05, 0.1) is 30.7 Å². The molecule has 176 valence electrons. The van der Waals surface area contributed by atoms with E-state index in [1.54, 1.807) is 31.4 Å². The van der Waals surface area contributed by atoms with Crippen molar-refractivity contribution in [3.63, 3.8) is 0 Å². The molecule has 0 aliphatic carbocycles. The number of carbonyl (C=O) groups excluding carboxylic acids is 3. The van der Waals surface area contributed by atoms with Crippen molar-refractivity contribution < 1.29 is 19.1 Å². The lowest BCUT2D eigenvalue weighted by Gasteiger charge is -2.39. The number of Topliss-reactive ketones (excluding diaryl/α,β-unsaturated/α-hetero) is 1. The molecule has 2 aromatic rings. The van der Waals surface area contributed by atoms with E-state index in [0.717, 1.165) is 22.4 Å². The lowest BCUT2D eigenvalue weighted by molar-refractivity contribution is -0.132. The number of allylic oxidation sites excluding steroid dienone is 1. The van der Waals surface area contributed by atoms with Crippen molar-refractivity contribution in [1.29, 1.82) is 0 Å². The second-order valence-electron chi connectivity index (χ2n) is 10.6. The quantitative estimate of drug-likeness (QED) is 0.638. The van der Waals surface area contributed by atoms with Gasteiger partial charge in [0.2, 0.25) is 11.8 Å². The Kier molecular flexibility index (Phi) is 4.97. The van der Waals surface area contributed by atoms with Crippen LogP contribution >= 0.6 is 0 Å². The van der Waals surface area contributed by atoms with Gasteiger partial charge in [0.15, 0.2) is 5.78 Å². The largest absolute Gasteiger partial charge is 0.497 e. The molecule has 2 fully saturated rings. The number of carbonyl (C=O) groups is 3. The number of amides is 2. The minimum Gasteiger partial charge on any atom is -0.497 e. The molecule has 3 aliphatic rings. The normalized spacial score (nSPS) is 25.6. The number of nitrogens with zero attached hydrogens (tertiary/aromatic N) is 2. The first-order valence-electron chi connectivity index (χ1n) is 11.7. The van der Waals surface area contributed by atoms with Crippen LogP contribution in [0, 0.1) is 24.2 Å². The summed E-state index contributed by atoms with van der Waals surface area (Å²) < 4.78 is 5.22. The summed E-state index contributed by atoms with van der Waals surface area (Å²) in [4.78, 5) is 44.8. The van der Waals surface area contributed by atoms with E-state index in [4.69, 9.17) is 4.74 Å². The summed E-state index contributed by atoms with van der Waals surface area (Å²) in [6.07, 6.45) is 2.07. The minimum atomic E-state index is -0.734. The topological polar surface area (TPSA) is 66.9 Å². The summed E-state index contributed by atoms with van der Waals surface area (Å²) in [5, 5.41) is 0. The van der Waals surface area contributed by atoms with Crippen molar-refractivity contribution in [2.45, 2.75) is 46.7 Å². The van der Waals surface area contributed by atoms with Crippen LogP contribution in [0.2, 0.25) is 0 Å². The molecule has 2 aromatic carbocycles. The van der Waals surface area contributed by atoms with Gasteiger partial charge < -0.3 is 9.64 Å². The minimum absolute atomic E-state index is 0.0257. The monoisotopic (exact) mass is 458 g/mol. The van der Waals surface area contributed by atoms with Crippen molar-refractivity contribution in [2.24, 2.45) is 17.3 Å². The number of rotatable bonds is 3. The molecule has 2 amide bonds. The third kappa shape index (κ3) is 3.11. The van der Waals surface area contributed by atoms with Gasteiger partial charge in [0, 0.05) is 16.7 Å². The number of benzene rings is 2. The van der Waals surface area contributed by atoms with Crippen LogP contribution in [-0.2, 0) is 14.4 Å². The van der Waals surface area contributed by atoms with Crippen LogP contribution in [0.3, 0.4) is 0 Å². The molecule has 3 aliphatic heterocycles. The first-order chi connectivity index (χ1) is 16.0. The SMILES string of the molecule is COc1ccc(N2C(=O)C3C(C2=O)C(C(=O)C(C)(C)C)N2c4ccc(C)cc4C(C)=CC32)cc1. The molecule has 0 spiro atoms. The number of methoxy groups -OCH3 is 1. The van der Waals surface area contributed by atoms with Crippen LogP contribution in [-0.4, -0.2) is 36.8 Å². The molecular weight excluding hydrogens is 428 g/mol. The third-order valence-electron chi connectivity index (χ3n) is 7.34. The standard InChI is InChI=1S/C28H30N2O4/c1-15-7-12-20-19(13-15)16(2)14-21-22-23(24(30(20)21)25(31)28(3,4)5)27(33)29(26(22)32)17-8-10-18(34-6)11-9-17/h7-14,21-24H,1-6H3. The maximum absolute atomic E-state index is 13.9. The number of fused-ring (bicyclic) bond motifs is 5. The van der Waals surface area contributed by atoms with Gasteiger partial charge in [0.25, 0.3) is 0 Å².